The average molecular weight is 317 g/mol. The zero-order valence-electron chi connectivity index (χ0n) is 12.6. The summed E-state index contributed by atoms with van der Waals surface area (Å²) in [6.45, 7) is 3.95. The van der Waals surface area contributed by atoms with Crippen molar-refractivity contribution in [2.75, 3.05) is 22.1 Å². The number of benzene rings is 1. The molecule has 0 aliphatic carbocycles. The highest BCUT2D eigenvalue weighted by atomic mass is 32.2. The maximum atomic E-state index is 12.5. The largest absolute Gasteiger partial charge is 0.383 e. The fourth-order valence-electron chi connectivity index (χ4n) is 2.04. The molecule has 116 valence electrons. The highest BCUT2D eigenvalue weighted by molar-refractivity contribution is 7.99. The molecule has 1 amide bonds. The lowest BCUT2D eigenvalue weighted by atomic mass is 10.2. The van der Waals surface area contributed by atoms with Crippen molar-refractivity contribution >= 4 is 35.0 Å². The van der Waals surface area contributed by atoms with Crippen LogP contribution in [0.4, 0.5) is 17.3 Å². The normalized spacial score (nSPS) is 10.7. The molecule has 1 aromatic carbocycles. The second-order valence-electron chi connectivity index (χ2n) is 4.98. The molecule has 0 saturated carbocycles. The maximum absolute atomic E-state index is 12.5. The van der Waals surface area contributed by atoms with Crippen LogP contribution in [0.15, 0.2) is 41.6 Å². The van der Waals surface area contributed by atoms with E-state index in [0.717, 1.165) is 5.69 Å². The minimum atomic E-state index is -0.0178. The number of thioether (sulfide) groups is 1. The number of nitrogens with two attached hydrogens (primary N) is 2. The van der Waals surface area contributed by atoms with Crippen molar-refractivity contribution in [2.24, 2.45) is 0 Å². The number of carbonyl (C=O) groups excluding carboxylic acids is 1. The maximum Gasteiger partial charge on any atom is 0.237 e. The molecule has 22 heavy (non-hydrogen) atoms. The van der Waals surface area contributed by atoms with Gasteiger partial charge in [0, 0.05) is 17.8 Å². The highest BCUT2D eigenvalue weighted by Crippen LogP contribution is 2.21. The van der Waals surface area contributed by atoms with Gasteiger partial charge in [-0.25, -0.2) is 9.97 Å². The van der Waals surface area contributed by atoms with Crippen LogP contribution < -0.4 is 16.4 Å². The lowest BCUT2D eigenvalue weighted by molar-refractivity contribution is -0.116. The Bertz CT molecular complexity index is 627. The molecule has 0 aliphatic rings. The SMILES string of the molecule is CC(C)N(C(=O)CSc1nc(N)cc(N)n1)c1ccccc1. The number of carbonyl (C=O) groups is 1. The summed E-state index contributed by atoms with van der Waals surface area (Å²) >= 11 is 1.22. The molecular formula is C15H19N5OS. The first-order valence-corrected chi connectivity index (χ1v) is 7.86. The van der Waals surface area contributed by atoms with Crippen molar-refractivity contribution in [3.63, 3.8) is 0 Å². The predicted octanol–water partition coefficient (Wildman–Crippen LogP) is 2.17. The number of anilines is 3. The van der Waals surface area contributed by atoms with E-state index in [2.05, 4.69) is 9.97 Å². The number of para-hydroxylation sites is 1. The van der Waals surface area contributed by atoms with Crippen LogP contribution in [0.5, 0.6) is 0 Å². The van der Waals surface area contributed by atoms with E-state index in [1.54, 1.807) is 4.90 Å². The number of rotatable bonds is 5. The topological polar surface area (TPSA) is 98.1 Å². The van der Waals surface area contributed by atoms with Crippen LogP contribution >= 0.6 is 11.8 Å². The Balaban J connectivity index is 2.09. The molecule has 0 bridgehead atoms. The van der Waals surface area contributed by atoms with E-state index in [1.807, 2.05) is 44.2 Å². The Hall–Kier alpha value is -2.28. The Kier molecular flexibility index (Phi) is 5.21. The smallest absolute Gasteiger partial charge is 0.237 e. The van der Waals surface area contributed by atoms with E-state index in [1.165, 1.54) is 17.8 Å². The van der Waals surface area contributed by atoms with Crippen LogP contribution in [0.3, 0.4) is 0 Å². The van der Waals surface area contributed by atoms with Gasteiger partial charge in [0.25, 0.3) is 0 Å². The molecule has 0 aliphatic heterocycles. The first kappa shape index (κ1) is 16.1. The molecule has 7 heteroatoms. The van der Waals surface area contributed by atoms with Crippen molar-refractivity contribution in [2.45, 2.75) is 25.0 Å². The van der Waals surface area contributed by atoms with Gasteiger partial charge >= 0.3 is 0 Å². The lowest BCUT2D eigenvalue weighted by Crippen LogP contribution is -2.38. The van der Waals surface area contributed by atoms with E-state index < -0.39 is 0 Å². The first-order chi connectivity index (χ1) is 10.5. The van der Waals surface area contributed by atoms with Gasteiger partial charge in [-0.1, -0.05) is 30.0 Å². The Morgan fingerprint density at radius 1 is 1.18 bits per heavy atom. The van der Waals surface area contributed by atoms with Gasteiger partial charge in [0.2, 0.25) is 5.91 Å². The second-order valence-corrected chi connectivity index (χ2v) is 5.92. The quantitative estimate of drug-likeness (QED) is 0.648. The molecule has 0 radical (unpaired) electrons. The first-order valence-electron chi connectivity index (χ1n) is 6.87. The molecule has 0 spiro atoms. The summed E-state index contributed by atoms with van der Waals surface area (Å²) in [6, 6.07) is 11.1. The molecule has 0 saturated heterocycles. The number of nitrogen functional groups attached to an aromatic ring is 2. The zero-order chi connectivity index (χ0) is 16.1. The van der Waals surface area contributed by atoms with E-state index in [-0.39, 0.29) is 17.7 Å². The molecule has 2 rings (SSSR count). The third-order valence-corrected chi connectivity index (χ3v) is 3.72. The van der Waals surface area contributed by atoms with Crippen molar-refractivity contribution in [3.8, 4) is 0 Å². The van der Waals surface area contributed by atoms with Gasteiger partial charge in [0.1, 0.15) is 11.6 Å². The molecule has 0 atom stereocenters. The van der Waals surface area contributed by atoms with Crippen LogP contribution in [0.1, 0.15) is 13.8 Å². The van der Waals surface area contributed by atoms with Crippen molar-refractivity contribution in [3.05, 3.63) is 36.4 Å². The predicted molar refractivity (Wildman–Crippen MR) is 90.6 cm³/mol. The van der Waals surface area contributed by atoms with Crippen molar-refractivity contribution < 1.29 is 4.79 Å². The molecule has 4 N–H and O–H groups in total. The van der Waals surface area contributed by atoms with Gasteiger partial charge in [-0.3, -0.25) is 4.79 Å². The molecule has 1 heterocycles. The average Bonchev–Trinajstić information content (AvgIpc) is 2.45. The minimum absolute atomic E-state index is 0.0178. The molecule has 2 aromatic rings. The van der Waals surface area contributed by atoms with Gasteiger partial charge in [-0.2, -0.15) is 0 Å². The summed E-state index contributed by atoms with van der Waals surface area (Å²) < 4.78 is 0. The Morgan fingerprint density at radius 2 is 1.77 bits per heavy atom. The third-order valence-electron chi connectivity index (χ3n) is 2.89. The van der Waals surface area contributed by atoms with Crippen LogP contribution in [-0.2, 0) is 4.79 Å². The lowest BCUT2D eigenvalue weighted by Gasteiger charge is -2.26. The van der Waals surface area contributed by atoms with Crippen LogP contribution in [0, 0.1) is 0 Å². The molecular weight excluding hydrogens is 298 g/mol. The van der Waals surface area contributed by atoms with Crippen molar-refractivity contribution in [1.29, 1.82) is 0 Å². The fourth-order valence-corrected chi connectivity index (χ4v) is 2.77. The Morgan fingerprint density at radius 3 is 2.32 bits per heavy atom. The second kappa shape index (κ2) is 7.13. The van der Waals surface area contributed by atoms with Crippen LogP contribution in [0.2, 0.25) is 0 Å². The van der Waals surface area contributed by atoms with Crippen LogP contribution in [-0.4, -0.2) is 27.7 Å². The van der Waals surface area contributed by atoms with E-state index in [9.17, 15) is 4.79 Å². The van der Waals surface area contributed by atoms with Gasteiger partial charge in [-0.05, 0) is 26.0 Å². The van der Waals surface area contributed by atoms with Crippen LogP contribution in [0.25, 0.3) is 0 Å². The fraction of sp³-hybridized carbons (Fsp3) is 0.267. The summed E-state index contributed by atoms with van der Waals surface area (Å²) in [5, 5.41) is 0.405. The summed E-state index contributed by atoms with van der Waals surface area (Å²) in [6.07, 6.45) is 0. The number of aromatic nitrogens is 2. The van der Waals surface area contributed by atoms with E-state index in [4.69, 9.17) is 11.5 Å². The molecule has 1 aromatic heterocycles. The summed E-state index contributed by atoms with van der Waals surface area (Å²) in [4.78, 5) is 22.4. The minimum Gasteiger partial charge on any atom is -0.383 e. The van der Waals surface area contributed by atoms with Gasteiger partial charge < -0.3 is 16.4 Å². The number of hydrogen-bond acceptors (Lipinski definition) is 6. The van der Waals surface area contributed by atoms with Crippen molar-refractivity contribution in [1.82, 2.24) is 9.97 Å². The molecule has 0 fully saturated rings. The number of amides is 1. The van der Waals surface area contributed by atoms with Gasteiger partial charge in [-0.15, -0.1) is 0 Å². The zero-order valence-corrected chi connectivity index (χ0v) is 13.4. The van der Waals surface area contributed by atoms with E-state index >= 15 is 0 Å². The van der Waals surface area contributed by atoms with E-state index in [0.29, 0.717) is 16.8 Å². The summed E-state index contributed by atoms with van der Waals surface area (Å²) in [7, 11) is 0. The van der Waals surface area contributed by atoms with Gasteiger partial charge in [0.15, 0.2) is 5.16 Å². The summed E-state index contributed by atoms with van der Waals surface area (Å²) in [5.74, 6) is 0.795. The third kappa shape index (κ3) is 4.11. The highest BCUT2D eigenvalue weighted by Gasteiger charge is 2.19. The monoisotopic (exact) mass is 317 g/mol. The Labute approximate surface area is 133 Å². The number of nitrogens with zero attached hydrogens (tertiary/aromatic N) is 3. The molecule has 0 unspecified atom stereocenters. The summed E-state index contributed by atoms with van der Waals surface area (Å²) in [5.41, 5.74) is 12.1. The number of hydrogen-bond donors (Lipinski definition) is 2. The molecule has 6 nitrogen and oxygen atoms in total. The standard InChI is InChI=1S/C15H19N5OS/c1-10(2)20(11-6-4-3-5-7-11)14(21)9-22-15-18-12(16)8-13(17)19-15/h3-8,10H,9H2,1-2H3,(H4,16,17,18,19). The van der Waals surface area contributed by atoms with Gasteiger partial charge in [0.05, 0.1) is 5.75 Å².